The second-order valence-corrected chi connectivity index (χ2v) is 5.48. The second-order valence-electron chi connectivity index (χ2n) is 5.04. The monoisotopic (exact) mass is 374 g/mol. The van der Waals surface area contributed by atoms with Gasteiger partial charge in [0.2, 0.25) is 6.04 Å². The molecule has 0 fully saturated rings. The molecule has 2 aromatic rings. The molecule has 0 aliphatic heterocycles. The zero-order valence-electron chi connectivity index (χ0n) is 14.0. The molecular formula is C18H15ClN2O5. The number of carbonyl (C=O) groups is 3. The Morgan fingerprint density at radius 2 is 1.58 bits per heavy atom. The maximum Gasteiger partial charge on any atom is 0.377 e. The quantitative estimate of drug-likeness (QED) is 0.243. The van der Waals surface area contributed by atoms with Gasteiger partial charge in [-0.25, -0.2) is 4.79 Å². The van der Waals surface area contributed by atoms with Gasteiger partial charge in [0.15, 0.2) is 5.78 Å². The van der Waals surface area contributed by atoms with E-state index in [0.29, 0.717) is 16.5 Å². The number of esters is 1. The lowest BCUT2D eigenvalue weighted by atomic mass is 10.0. The van der Waals surface area contributed by atoms with Gasteiger partial charge in [0.25, 0.3) is 5.78 Å². The molecule has 0 amide bonds. The average Bonchev–Trinajstić information content (AvgIpc) is 2.68. The van der Waals surface area contributed by atoms with Crippen molar-refractivity contribution in [3.05, 3.63) is 59.1 Å². The molecule has 0 saturated carbocycles. The summed E-state index contributed by atoms with van der Waals surface area (Å²) < 4.78 is 9.43. The molecule has 1 atom stereocenters. The van der Waals surface area contributed by atoms with E-state index in [9.17, 15) is 14.4 Å². The van der Waals surface area contributed by atoms with Crippen LogP contribution in [-0.2, 0) is 14.3 Å². The first-order valence-electron chi connectivity index (χ1n) is 7.43. The Morgan fingerprint density at radius 1 is 0.962 bits per heavy atom. The molecule has 2 rings (SSSR count). The number of ketones is 2. The van der Waals surface area contributed by atoms with Crippen molar-refractivity contribution in [3.63, 3.8) is 0 Å². The summed E-state index contributed by atoms with van der Waals surface area (Å²) in [4.78, 5) is 36.4. The van der Waals surface area contributed by atoms with Gasteiger partial charge in [-0.15, -0.1) is 0 Å². The Kier molecular flexibility index (Phi) is 6.57. The fourth-order valence-electron chi connectivity index (χ4n) is 1.98. The minimum Gasteiger partial charge on any atom is -0.497 e. The van der Waals surface area contributed by atoms with Gasteiger partial charge >= 0.3 is 5.97 Å². The summed E-state index contributed by atoms with van der Waals surface area (Å²) in [5.41, 5.74) is 0.558. The summed E-state index contributed by atoms with van der Waals surface area (Å²) in [6.45, 7) is 0. The fraction of sp³-hybridized carbons (Fsp3) is 0.167. The summed E-state index contributed by atoms with van der Waals surface area (Å²) >= 11 is 5.79. The highest BCUT2D eigenvalue weighted by Crippen LogP contribution is 2.20. The Hall–Kier alpha value is -3.06. The number of methoxy groups -OCH3 is 2. The summed E-state index contributed by atoms with van der Waals surface area (Å²) in [5.74, 6) is -2.35. The van der Waals surface area contributed by atoms with Crippen LogP contribution in [0.15, 0.2) is 58.8 Å². The standard InChI is InChI=1S/C18H15ClN2O5/c1-25-14-9-7-13(8-10-14)20-21-15(17(23)18(24)26-2)16(22)11-3-5-12(19)6-4-11/h3-10,15H,1-2H3. The Labute approximate surface area is 154 Å². The largest absolute Gasteiger partial charge is 0.497 e. The van der Waals surface area contributed by atoms with Crippen molar-refractivity contribution < 1.29 is 23.9 Å². The highest BCUT2D eigenvalue weighted by atomic mass is 35.5. The van der Waals surface area contributed by atoms with Gasteiger partial charge < -0.3 is 9.47 Å². The molecule has 134 valence electrons. The van der Waals surface area contributed by atoms with Crippen LogP contribution in [0.5, 0.6) is 5.75 Å². The first-order valence-corrected chi connectivity index (χ1v) is 7.81. The maximum atomic E-state index is 12.6. The van der Waals surface area contributed by atoms with Crippen LogP contribution in [0.2, 0.25) is 5.02 Å². The molecule has 0 radical (unpaired) electrons. The molecule has 0 aliphatic carbocycles. The number of benzene rings is 2. The topological polar surface area (TPSA) is 94.4 Å². The minimum atomic E-state index is -1.65. The van der Waals surface area contributed by atoms with Crippen LogP contribution >= 0.6 is 11.6 Å². The van der Waals surface area contributed by atoms with Gasteiger partial charge in [-0.3, -0.25) is 9.59 Å². The van der Waals surface area contributed by atoms with Gasteiger partial charge in [-0.1, -0.05) is 11.6 Å². The highest BCUT2D eigenvalue weighted by molar-refractivity contribution is 6.41. The lowest BCUT2D eigenvalue weighted by Gasteiger charge is -2.08. The molecule has 0 aromatic heterocycles. The summed E-state index contributed by atoms with van der Waals surface area (Å²) in [6, 6.07) is 10.7. The number of ether oxygens (including phenoxy) is 2. The minimum absolute atomic E-state index is 0.172. The maximum absolute atomic E-state index is 12.6. The zero-order chi connectivity index (χ0) is 19.1. The van der Waals surface area contributed by atoms with E-state index < -0.39 is 23.6 Å². The molecule has 0 heterocycles. The number of Topliss-reactive ketones (excluding diaryl/α,β-unsaturated/α-hetero) is 2. The zero-order valence-corrected chi connectivity index (χ0v) is 14.8. The number of hydrogen-bond donors (Lipinski definition) is 0. The van der Waals surface area contributed by atoms with Gasteiger partial charge in [0.05, 0.1) is 19.9 Å². The highest BCUT2D eigenvalue weighted by Gasteiger charge is 2.33. The molecule has 0 bridgehead atoms. The number of carbonyl (C=O) groups excluding carboxylic acids is 3. The van der Waals surface area contributed by atoms with Crippen LogP contribution in [0.25, 0.3) is 0 Å². The van der Waals surface area contributed by atoms with Crippen LogP contribution in [0.3, 0.4) is 0 Å². The third-order valence-electron chi connectivity index (χ3n) is 3.37. The van der Waals surface area contributed by atoms with Crippen LogP contribution in [-0.4, -0.2) is 37.8 Å². The lowest BCUT2D eigenvalue weighted by Crippen LogP contribution is -2.34. The van der Waals surface area contributed by atoms with E-state index in [0.717, 1.165) is 7.11 Å². The van der Waals surface area contributed by atoms with Crippen molar-refractivity contribution >= 4 is 34.8 Å². The third-order valence-corrected chi connectivity index (χ3v) is 3.63. The molecule has 0 N–H and O–H groups in total. The lowest BCUT2D eigenvalue weighted by molar-refractivity contribution is -0.151. The molecule has 0 spiro atoms. The Balaban J connectivity index is 2.32. The van der Waals surface area contributed by atoms with E-state index >= 15 is 0 Å². The van der Waals surface area contributed by atoms with Crippen molar-refractivity contribution in [2.75, 3.05) is 14.2 Å². The van der Waals surface area contributed by atoms with Crippen molar-refractivity contribution in [1.82, 2.24) is 0 Å². The molecule has 0 saturated heterocycles. The predicted molar refractivity (Wildman–Crippen MR) is 94.1 cm³/mol. The summed E-state index contributed by atoms with van der Waals surface area (Å²) in [6.07, 6.45) is 0. The fourth-order valence-corrected chi connectivity index (χ4v) is 2.11. The number of hydrogen-bond acceptors (Lipinski definition) is 7. The summed E-state index contributed by atoms with van der Waals surface area (Å²) in [7, 11) is 2.57. The van der Waals surface area contributed by atoms with Crippen molar-refractivity contribution in [3.8, 4) is 5.75 Å². The van der Waals surface area contributed by atoms with Crippen LogP contribution < -0.4 is 4.74 Å². The van der Waals surface area contributed by atoms with E-state index in [2.05, 4.69) is 15.0 Å². The Bertz CT molecular complexity index is 832. The predicted octanol–water partition coefficient (Wildman–Crippen LogP) is 3.43. The number of azo groups is 1. The molecular weight excluding hydrogens is 360 g/mol. The number of halogens is 1. The SMILES string of the molecule is COC(=O)C(=O)C(N=Nc1ccc(OC)cc1)C(=O)c1ccc(Cl)cc1. The molecule has 2 aromatic carbocycles. The number of nitrogens with zero attached hydrogens (tertiary/aromatic N) is 2. The van der Waals surface area contributed by atoms with E-state index in [1.54, 1.807) is 24.3 Å². The first-order chi connectivity index (χ1) is 12.5. The van der Waals surface area contributed by atoms with Gasteiger partial charge in [0, 0.05) is 10.6 Å². The van der Waals surface area contributed by atoms with E-state index in [1.165, 1.54) is 31.4 Å². The second kappa shape index (κ2) is 8.87. The number of rotatable bonds is 7. The average molecular weight is 375 g/mol. The Morgan fingerprint density at radius 3 is 2.12 bits per heavy atom. The van der Waals surface area contributed by atoms with Crippen molar-refractivity contribution in [1.29, 1.82) is 0 Å². The van der Waals surface area contributed by atoms with Gasteiger partial charge in [0.1, 0.15) is 5.75 Å². The van der Waals surface area contributed by atoms with E-state index in [4.69, 9.17) is 16.3 Å². The van der Waals surface area contributed by atoms with Crippen LogP contribution in [0, 0.1) is 0 Å². The smallest absolute Gasteiger partial charge is 0.377 e. The molecule has 0 aliphatic rings. The van der Waals surface area contributed by atoms with Crippen molar-refractivity contribution in [2.45, 2.75) is 6.04 Å². The summed E-state index contributed by atoms with van der Waals surface area (Å²) in [5, 5.41) is 8.07. The van der Waals surface area contributed by atoms with Crippen LogP contribution in [0.4, 0.5) is 5.69 Å². The first kappa shape index (κ1) is 19.3. The van der Waals surface area contributed by atoms with E-state index in [-0.39, 0.29) is 5.56 Å². The molecule has 26 heavy (non-hydrogen) atoms. The normalized spacial score (nSPS) is 11.8. The van der Waals surface area contributed by atoms with Gasteiger partial charge in [-0.2, -0.15) is 10.2 Å². The molecule has 8 heteroatoms. The van der Waals surface area contributed by atoms with E-state index in [1.807, 2.05) is 0 Å². The molecule has 7 nitrogen and oxygen atoms in total. The van der Waals surface area contributed by atoms with Crippen LogP contribution in [0.1, 0.15) is 10.4 Å². The molecule has 1 unspecified atom stereocenters. The van der Waals surface area contributed by atoms with Gasteiger partial charge in [-0.05, 0) is 48.5 Å². The van der Waals surface area contributed by atoms with Crippen molar-refractivity contribution in [2.24, 2.45) is 10.2 Å². The third kappa shape index (κ3) is 4.73.